The Bertz CT molecular complexity index is 694. The molecule has 3 N–H and O–H groups in total. The zero-order valence-corrected chi connectivity index (χ0v) is 12.1. The van der Waals surface area contributed by atoms with E-state index in [1.54, 1.807) is 0 Å². The number of hydrogen-bond donors (Lipinski definition) is 2. The highest BCUT2D eigenvalue weighted by Gasteiger charge is 2.19. The average Bonchev–Trinajstić information content (AvgIpc) is 2.53. The van der Waals surface area contributed by atoms with Crippen molar-refractivity contribution in [2.24, 2.45) is 10.9 Å². The summed E-state index contributed by atoms with van der Waals surface area (Å²) >= 11 is 0. The number of anilines is 1. The number of nitrogens with two attached hydrogens (primary N) is 1. The maximum atomic E-state index is 8.98. The van der Waals surface area contributed by atoms with Crippen molar-refractivity contribution in [3.63, 3.8) is 0 Å². The van der Waals surface area contributed by atoms with Gasteiger partial charge in [-0.15, -0.1) is 0 Å². The van der Waals surface area contributed by atoms with Gasteiger partial charge in [0.15, 0.2) is 5.84 Å². The summed E-state index contributed by atoms with van der Waals surface area (Å²) in [6, 6.07) is 14.5. The van der Waals surface area contributed by atoms with Gasteiger partial charge in [0.1, 0.15) is 0 Å². The van der Waals surface area contributed by atoms with Crippen molar-refractivity contribution < 1.29 is 5.21 Å². The van der Waals surface area contributed by atoms with Gasteiger partial charge in [-0.25, -0.2) is 0 Å². The smallest absolute Gasteiger partial charge is 0.172 e. The van der Waals surface area contributed by atoms with Crippen LogP contribution >= 0.6 is 0 Å². The van der Waals surface area contributed by atoms with Crippen LogP contribution in [0, 0.1) is 6.92 Å². The van der Waals surface area contributed by atoms with E-state index in [9.17, 15) is 0 Å². The zero-order chi connectivity index (χ0) is 14.8. The summed E-state index contributed by atoms with van der Waals surface area (Å²) in [6.07, 6.45) is 1.01. The quantitative estimate of drug-likeness (QED) is 0.385. The summed E-state index contributed by atoms with van der Waals surface area (Å²) in [4.78, 5) is 2.29. The minimum Gasteiger partial charge on any atom is -0.409 e. The molecule has 0 saturated heterocycles. The molecule has 0 bridgehead atoms. The van der Waals surface area contributed by atoms with Crippen molar-refractivity contribution >= 4 is 11.5 Å². The third-order valence-corrected chi connectivity index (χ3v) is 4.01. The Labute approximate surface area is 124 Å². The lowest BCUT2D eigenvalue weighted by atomic mass is 9.98. The van der Waals surface area contributed by atoms with E-state index < -0.39 is 0 Å². The van der Waals surface area contributed by atoms with Crippen LogP contribution in [0.5, 0.6) is 0 Å². The molecule has 21 heavy (non-hydrogen) atoms. The summed E-state index contributed by atoms with van der Waals surface area (Å²) in [5.74, 6) is 0.156. The monoisotopic (exact) mass is 281 g/mol. The Kier molecular flexibility index (Phi) is 3.52. The molecule has 1 aliphatic heterocycles. The topological polar surface area (TPSA) is 61.9 Å². The second kappa shape index (κ2) is 5.48. The van der Waals surface area contributed by atoms with Crippen LogP contribution in [0.3, 0.4) is 0 Å². The highest BCUT2D eigenvalue weighted by Crippen LogP contribution is 2.28. The van der Waals surface area contributed by atoms with Crippen LogP contribution in [0.25, 0.3) is 0 Å². The lowest BCUT2D eigenvalue weighted by Gasteiger charge is -2.32. The molecule has 3 rings (SSSR count). The fraction of sp³-hybridized carbons (Fsp3) is 0.235. The molecule has 0 aromatic heterocycles. The minimum atomic E-state index is 0.156. The van der Waals surface area contributed by atoms with Gasteiger partial charge >= 0.3 is 0 Å². The SMILES string of the molecule is Cc1ccc(C(N)=NO)c(N2CCc3ccccc3C2)c1. The van der Waals surface area contributed by atoms with Crippen LogP contribution in [-0.4, -0.2) is 17.6 Å². The van der Waals surface area contributed by atoms with Crippen LogP contribution in [0.1, 0.15) is 22.3 Å². The minimum absolute atomic E-state index is 0.156. The van der Waals surface area contributed by atoms with E-state index in [1.165, 1.54) is 16.7 Å². The number of hydrogen-bond acceptors (Lipinski definition) is 3. The molecule has 0 saturated carbocycles. The normalized spacial score (nSPS) is 14.9. The Morgan fingerprint density at radius 2 is 1.95 bits per heavy atom. The fourth-order valence-electron chi connectivity index (χ4n) is 2.88. The molecule has 4 heteroatoms. The van der Waals surface area contributed by atoms with E-state index in [-0.39, 0.29) is 5.84 Å². The number of amidine groups is 1. The van der Waals surface area contributed by atoms with Gasteiger partial charge in [-0.2, -0.15) is 0 Å². The molecule has 0 atom stereocenters. The van der Waals surface area contributed by atoms with Gasteiger partial charge in [0.25, 0.3) is 0 Å². The lowest BCUT2D eigenvalue weighted by Crippen LogP contribution is -2.32. The molecule has 0 aliphatic carbocycles. The molecule has 0 unspecified atom stereocenters. The Morgan fingerprint density at radius 3 is 2.71 bits per heavy atom. The number of aryl methyl sites for hydroxylation is 1. The summed E-state index contributed by atoms with van der Waals surface area (Å²) in [5, 5.41) is 12.1. The first-order valence-corrected chi connectivity index (χ1v) is 7.09. The molecule has 1 aliphatic rings. The van der Waals surface area contributed by atoms with Crippen molar-refractivity contribution in [2.75, 3.05) is 11.4 Å². The third-order valence-electron chi connectivity index (χ3n) is 4.01. The van der Waals surface area contributed by atoms with Gasteiger partial charge in [-0.1, -0.05) is 35.5 Å². The lowest BCUT2D eigenvalue weighted by molar-refractivity contribution is 0.318. The number of rotatable bonds is 2. The first kappa shape index (κ1) is 13.5. The van der Waals surface area contributed by atoms with E-state index in [2.05, 4.69) is 47.3 Å². The maximum absolute atomic E-state index is 8.98. The summed E-state index contributed by atoms with van der Waals surface area (Å²) in [6.45, 7) is 3.84. The van der Waals surface area contributed by atoms with Crippen LogP contribution < -0.4 is 10.6 Å². The number of nitrogens with zero attached hydrogens (tertiary/aromatic N) is 2. The average molecular weight is 281 g/mol. The molecular formula is C17H19N3O. The van der Waals surface area contributed by atoms with Crippen LogP contribution in [0.2, 0.25) is 0 Å². The third kappa shape index (κ3) is 2.57. The highest BCUT2D eigenvalue weighted by molar-refractivity contribution is 6.02. The second-order valence-corrected chi connectivity index (χ2v) is 5.45. The van der Waals surface area contributed by atoms with Crippen molar-refractivity contribution in [3.8, 4) is 0 Å². The van der Waals surface area contributed by atoms with Gasteiger partial charge in [0.2, 0.25) is 0 Å². The molecule has 1 heterocycles. The van der Waals surface area contributed by atoms with Gasteiger partial charge in [0, 0.05) is 24.3 Å². The molecule has 2 aromatic rings. The summed E-state index contributed by atoms with van der Waals surface area (Å²) in [5.41, 5.74) is 11.5. The van der Waals surface area contributed by atoms with Crippen molar-refractivity contribution in [1.82, 2.24) is 0 Å². The zero-order valence-electron chi connectivity index (χ0n) is 12.1. The Balaban J connectivity index is 2.00. The molecule has 2 aromatic carbocycles. The first-order chi connectivity index (χ1) is 10.2. The van der Waals surface area contributed by atoms with Crippen molar-refractivity contribution in [1.29, 1.82) is 0 Å². The van der Waals surface area contributed by atoms with E-state index >= 15 is 0 Å². The van der Waals surface area contributed by atoms with Gasteiger partial charge in [-0.05, 0) is 42.2 Å². The number of oxime groups is 1. The molecule has 4 nitrogen and oxygen atoms in total. The van der Waals surface area contributed by atoms with Crippen LogP contribution in [0.15, 0.2) is 47.6 Å². The van der Waals surface area contributed by atoms with Crippen LogP contribution in [0.4, 0.5) is 5.69 Å². The summed E-state index contributed by atoms with van der Waals surface area (Å²) in [7, 11) is 0. The van der Waals surface area contributed by atoms with Crippen molar-refractivity contribution in [3.05, 3.63) is 64.7 Å². The van der Waals surface area contributed by atoms with E-state index in [1.807, 2.05) is 12.1 Å². The van der Waals surface area contributed by atoms with Gasteiger partial charge < -0.3 is 15.8 Å². The summed E-state index contributed by atoms with van der Waals surface area (Å²) < 4.78 is 0. The largest absolute Gasteiger partial charge is 0.409 e. The second-order valence-electron chi connectivity index (χ2n) is 5.45. The molecule has 108 valence electrons. The van der Waals surface area contributed by atoms with E-state index in [0.717, 1.165) is 30.8 Å². The molecule has 0 radical (unpaired) electrons. The number of benzene rings is 2. The van der Waals surface area contributed by atoms with Gasteiger partial charge in [-0.3, -0.25) is 0 Å². The highest BCUT2D eigenvalue weighted by atomic mass is 16.4. The standard InChI is InChI=1S/C17H19N3O/c1-12-6-7-15(17(18)19-21)16(10-12)20-9-8-13-4-2-3-5-14(13)11-20/h2-7,10,21H,8-9,11H2,1H3,(H2,18,19). The Hall–Kier alpha value is -2.49. The molecule has 0 fully saturated rings. The van der Waals surface area contributed by atoms with Crippen LogP contribution in [-0.2, 0) is 13.0 Å². The van der Waals surface area contributed by atoms with E-state index in [0.29, 0.717) is 0 Å². The molecule has 0 spiro atoms. The van der Waals surface area contributed by atoms with Gasteiger partial charge in [0.05, 0.1) is 0 Å². The predicted octanol–water partition coefficient (Wildman–Crippen LogP) is 2.65. The number of fused-ring (bicyclic) bond motifs is 1. The predicted molar refractivity (Wildman–Crippen MR) is 84.9 cm³/mol. The maximum Gasteiger partial charge on any atom is 0.172 e. The first-order valence-electron chi connectivity index (χ1n) is 7.09. The molecule has 0 amide bonds. The molecular weight excluding hydrogens is 262 g/mol. The van der Waals surface area contributed by atoms with E-state index in [4.69, 9.17) is 10.9 Å². The Morgan fingerprint density at radius 1 is 1.19 bits per heavy atom. The fourth-order valence-corrected chi connectivity index (χ4v) is 2.88. The van der Waals surface area contributed by atoms with Crippen molar-refractivity contribution in [2.45, 2.75) is 19.9 Å².